The van der Waals surface area contributed by atoms with Crippen LogP contribution < -0.4 is 10.2 Å². The van der Waals surface area contributed by atoms with Gasteiger partial charge in [0.25, 0.3) is 0 Å². The van der Waals surface area contributed by atoms with Crippen LogP contribution in [0.5, 0.6) is 0 Å². The molecule has 0 unspecified atom stereocenters. The number of esters is 1. The van der Waals surface area contributed by atoms with Crippen LogP contribution in [0, 0.1) is 11.3 Å². The zero-order chi connectivity index (χ0) is 14.4. The van der Waals surface area contributed by atoms with Crippen molar-refractivity contribution in [2.75, 3.05) is 6.61 Å². The molecule has 1 heterocycles. The SMILES string of the molecule is CCOC(=O)C[Se]c1[nH]c(=O)c(C(=O)O)cc1C#N. The predicted molar refractivity (Wildman–Crippen MR) is 65.6 cm³/mol. The number of carbonyl (C=O) groups excluding carboxylic acids is 1. The number of H-pyrrole nitrogens is 1. The summed E-state index contributed by atoms with van der Waals surface area (Å²) in [5.74, 6) is -1.82. The minimum atomic E-state index is -1.40. The fraction of sp³-hybridized carbons (Fsp3) is 0.273. The summed E-state index contributed by atoms with van der Waals surface area (Å²) in [6, 6.07) is 2.82. The molecule has 0 saturated heterocycles. The number of ether oxygens (including phenoxy) is 1. The van der Waals surface area contributed by atoms with E-state index in [-0.39, 0.29) is 22.1 Å². The minimum absolute atomic E-state index is 0.0568. The molecule has 0 fully saturated rings. The van der Waals surface area contributed by atoms with Gasteiger partial charge in [-0.05, 0) is 0 Å². The first-order chi connectivity index (χ1) is 8.99. The van der Waals surface area contributed by atoms with Crippen molar-refractivity contribution in [2.24, 2.45) is 0 Å². The molecule has 0 bridgehead atoms. The Morgan fingerprint density at radius 1 is 1.58 bits per heavy atom. The second-order valence-electron chi connectivity index (χ2n) is 3.27. The van der Waals surface area contributed by atoms with Crippen LogP contribution in [-0.4, -0.2) is 43.6 Å². The summed E-state index contributed by atoms with van der Waals surface area (Å²) >= 11 is -0.493. The molecular weight excluding hydrogens is 319 g/mol. The van der Waals surface area contributed by atoms with Crippen molar-refractivity contribution >= 4 is 31.5 Å². The third-order valence-electron chi connectivity index (χ3n) is 2.00. The first kappa shape index (κ1) is 15.0. The van der Waals surface area contributed by atoms with Gasteiger partial charge in [0.1, 0.15) is 0 Å². The summed E-state index contributed by atoms with van der Waals surface area (Å²) in [6.45, 7) is 1.93. The monoisotopic (exact) mass is 330 g/mol. The summed E-state index contributed by atoms with van der Waals surface area (Å²) in [4.78, 5) is 35.8. The van der Waals surface area contributed by atoms with Crippen molar-refractivity contribution in [1.29, 1.82) is 5.26 Å². The van der Waals surface area contributed by atoms with Crippen LogP contribution in [0.4, 0.5) is 0 Å². The van der Waals surface area contributed by atoms with E-state index in [0.29, 0.717) is 0 Å². The van der Waals surface area contributed by atoms with E-state index < -0.39 is 38.0 Å². The molecule has 0 aliphatic carbocycles. The van der Waals surface area contributed by atoms with Gasteiger partial charge in [-0.3, -0.25) is 0 Å². The van der Waals surface area contributed by atoms with Gasteiger partial charge in [-0.1, -0.05) is 0 Å². The van der Waals surface area contributed by atoms with E-state index in [9.17, 15) is 14.4 Å². The first-order valence-corrected chi connectivity index (χ1v) is 7.25. The molecule has 0 amide bonds. The number of carboxylic acids is 1. The molecule has 0 radical (unpaired) electrons. The molecule has 0 atom stereocenters. The van der Waals surface area contributed by atoms with Crippen molar-refractivity contribution in [3.8, 4) is 6.07 Å². The number of aromatic amines is 1. The standard InChI is InChI=1S/C11H10N2O5Se/c1-2-18-8(14)5-19-10-6(4-12)3-7(11(16)17)9(15)13-10/h3H,2,5H2,1H3,(H,13,15)(H,16,17). The molecule has 100 valence electrons. The average Bonchev–Trinajstić information content (AvgIpc) is 2.36. The van der Waals surface area contributed by atoms with Crippen molar-refractivity contribution in [3.05, 3.63) is 27.5 Å². The third kappa shape index (κ3) is 3.95. The van der Waals surface area contributed by atoms with Gasteiger partial charge in [-0.25, -0.2) is 0 Å². The van der Waals surface area contributed by atoms with Gasteiger partial charge in [0.15, 0.2) is 0 Å². The topological polar surface area (TPSA) is 120 Å². The first-order valence-electron chi connectivity index (χ1n) is 5.18. The second-order valence-corrected chi connectivity index (χ2v) is 5.33. The van der Waals surface area contributed by atoms with E-state index in [2.05, 4.69) is 4.98 Å². The third-order valence-corrected chi connectivity index (χ3v) is 4.07. The van der Waals surface area contributed by atoms with Gasteiger partial charge in [-0.15, -0.1) is 0 Å². The number of carboxylic acid groups (broad SMARTS) is 1. The van der Waals surface area contributed by atoms with Crippen molar-refractivity contribution in [1.82, 2.24) is 4.98 Å². The van der Waals surface area contributed by atoms with E-state index in [4.69, 9.17) is 15.1 Å². The van der Waals surface area contributed by atoms with Gasteiger partial charge in [-0.2, -0.15) is 0 Å². The normalized spacial score (nSPS) is 9.68. The number of pyridine rings is 1. The van der Waals surface area contributed by atoms with Gasteiger partial charge >= 0.3 is 114 Å². The Balaban J connectivity index is 3.00. The summed E-state index contributed by atoms with van der Waals surface area (Å²) in [5, 5.41) is 17.7. The van der Waals surface area contributed by atoms with E-state index in [1.807, 2.05) is 0 Å². The Bertz CT molecular complexity index is 602. The van der Waals surface area contributed by atoms with E-state index in [1.54, 1.807) is 13.0 Å². The maximum atomic E-state index is 11.5. The number of aromatic nitrogens is 1. The zero-order valence-corrected chi connectivity index (χ0v) is 11.6. The molecule has 1 aromatic heterocycles. The molecule has 0 aliphatic heterocycles. The van der Waals surface area contributed by atoms with Crippen LogP contribution >= 0.6 is 0 Å². The van der Waals surface area contributed by atoms with Crippen LogP contribution in [-0.2, 0) is 9.53 Å². The number of nitrogens with zero attached hydrogens (tertiary/aromatic N) is 1. The summed E-state index contributed by atoms with van der Waals surface area (Å²) in [6.07, 6.45) is 0. The van der Waals surface area contributed by atoms with Crippen molar-refractivity contribution in [3.63, 3.8) is 0 Å². The molecule has 1 aromatic rings. The Morgan fingerprint density at radius 3 is 2.79 bits per heavy atom. The van der Waals surface area contributed by atoms with Gasteiger partial charge in [0.2, 0.25) is 0 Å². The van der Waals surface area contributed by atoms with Gasteiger partial charge in [0, 0.05) is 0 Å². The van der Waals surface area contributed by atoms with Crippen LogP contribution in [0.3, 0.4) is 0 Å². The summed E-state index contributed by atoms with van der Waals surface area (Å²) in [7, 11) is 0. The zero-order valence-electron chi connectivity index (χ0n) is 9.93. The number of aromatic carboxylic acids is 1. The fourth-order valence-electron chi connectivity index (χ4n) is 1.20. The molecule has 0 saturated carbocycles. The number of nitriles is 1. The summed E-state index contributed by atoms with van der Waals surface area (Å²) < 4.78 is 5.03. The van der Waals surface area contributed by atoms with Crippen LogP contribution in [0.2, 0.25) is 5.32 Å². The molecular formula is C11H10N2O5Se. The number of nitrogens with one attached hydrogen (secondary N) is 1. The summed E-state index contributed by atoms with van der Waals surface area (Å²) in [5.41, 5.74) is -1.22. The Kier molecular flexibility index (Phi) is 5.30. The Hall–Kier alpha value is -2.10. The molecule has 0 aromatic carbocycles. The quantitative estimate of drug-likeness (QED) is 0.542. The maximum absolute atomic E-state index is 11.5. The van der Waals surface area contributed by atoms with Crippen molar-refractivity contribution < 1.29 is 19.4 Å². The average molecular weight is 329 g/mol. The Morgan fingerprint density at radius 2 is 2.26 bits per heavy atom. The molecule has 19 heavy (non-hydrogen) atoms. The molecule has 1 rings (SSSR count). The number of hydrogen-bond donors (Lipinski definition) is 2. The number of carbonyl (C=O) groups is 2. The van der Waals surface area contributed by atoms with E-state index in [1.165, 1.54) is 0 Å². The predicted octanol–water partition coefficient (Wildman–Crippen LogP) is -0.744. The van der Waals surface area contributed by atoms with Crippen molar-refractivity contribution in [2.45, 2.75) is 12.2 Å². The van der Waals surface area contributed by atoms with Crippen LogP contribution in [0.25, 0.3) is 0 Å². The molecule has 2 N–H and O–H groups in total. The van der Waals surface area contributed by atoms with Gasteiger partial charge in [0.05, 0.1) is 0 Å². The van der Waals surface area contributed by atoms with Crippen LogP contribution in [0.15, 0.2) is 10.9 Å². The molecule has 8 heteroatoms. The fourth-order valence-corrected chi connectivity index (χ4v) is 2.82. The van der Waals surface area contributed by atoms with Gasteiger partial charge < -0.3 is 0 Å². The number of hydrogen-bond acceptors (Lipinski definition) is 5. The van der Waals surface area contributed by atoms with E-state index >= 15 is 0 Å². The molecule has 0 spiro atoms. The van der Waals surface area contributed by atoms with E-state index in [0.717, 1.165) is 6.07 Å². The van der Waals surface area contributed by atoms with Crippen LogP contribution in [0.1, 0.15) is 22.8 Å². The molecule has 7 nitrogen and oxygen atoms in total. The Labute approximate surface area is 114 Å². The second kappa shape index (κ2) is 6.73. The number of rotatable bonds is 5. The molecule has 0 aliphatic rings.